The van der Waals surface area contributed by atoms with Crippen molar-refractivity contribution in [1.29, 1.82) is 0 Å². The van der Waals surface area contributed by atoms with Crippen LogP contribution in [-0.2, 0) is 4.79 Å². The number of halogens is 1. The first kappa shape index (κ1) is 18.7. The summed E-state index contributed by atoms with van der Waals surface area (Å²) in [7, 11) is 0. The molecule has 5 heteroatoms. The summed E-state index contributed by atoms with van der Waals surface area (Å²) in [6.07, 6.45) is 5.61. The number of carboxylic acids is 1. The lowest BCUT2D eigenvalue weighted by atomic mass is 10.0. The predicted molar refractivity (Wildman–Crippen MR) is 109 cm³/mol. The van der Waals surface area contributed by atoms with Crippen LogP contribution < -0.4 is 5.32 Å². The number of anilines is 1. The van der Waals surface area contributed by atoms with Crippen LogP contribution in [-0.4, -0.2) is 17.0 Å². The maximum atomic E-state index is 12.2. The minimum absolute atomic E-state index is 0.158. The first-order valence-electron chi connectivity index (χ1n) is 8.37. The number of aromatic carboxylic acids is 1. The highest BCUT2D eigenvalue weighted by molar-refractivity contribution is 6.34. The highest BCUT2D eigenvalue weighted by Gasteiger charge is 2.23. The number of rotatable bonds is 4. The summed E-state index contributed by atoms with van der Waals surface area (Å²) in [6, 6.07) is 12.1. The van der Waals surface area contributed by atoms with E-state index in [9.17, 15) is 9.59 Å². The van der Waals surface area contributed by atoms with Gasteiger partial charge in [-0.2, -0.15) is 0 Å². The van der Waals surface area contributed by atoms with Crippen molar-refractivity contribution in [3.63, 3.8) is 0 Å². The number of carboxylic acid groups (broad SMARTS) is 1. The Morgan fingerprint density at radius 3 is 2.56 bits per heavy atom. The molecule has 1 aliphatic rings. The summed E-state index contributed by atoms with van der Waals surface area (Å²) < 4.78 is 0. The Bertz CT molecular complexity index is 1030. The lowest BCUT2D eigenvalue weighted by molar-refractivity contribution is -0.110. The third-order valence-electron chi connectivity index (χ3n) is 4.30. The molecule has 1 amide bonds. The Balaban J connectivity index is 1.88. The number of nitrogens with one attached hydrogen (secondary N) is 1. The molecule has 0 spiro atoms. The summed E-state index contributed by atoms with van der Waals surface area (Å²) in [6.45, 7) is 3.81. The first-order valence-corrected chi connectivity index (χ1v) is 8.75. The van der Waals surface area contributed by atoms with Crippen LogP contribution >= 0.6 is 11.6 Å². The van der Waals surface area contributed by atoms with Gasteiger partial charge in [-0.1, -0.05) is 41.5 Å². The van der Waals surface area contributed by atoms with E-state index in [4.69, 9.17) is 16.7 Å². The van der Waals surface area contributed by atoms with Gasteiger partial charge in [-0.25, -0.2) is 4.79 Å². The Morgan fingerprint density at radius 2 is 1.81 bits per heavy atom. The quantitative estimate of drug-likeness (QED) is 0.550. The second kappa shape index (κ2) is 7.64. The number of benzene rings is 2. The van der Waals surface area contributed by atoms with E-state index in [0.29, 0.717) is 10.6 Å². The van der Waals surface area contributed by atoms with Crippen LogP contribution in [0.2, 0.25) is 5.02 Å². The highest BCUT2D eigenvalue weighted by atomic mass is 35.5. The molecule has 0 unspecified atom stereocenters. The molecule has 2 N–H and O–H groups in total. The van der Waals surface area contributed by atoms with Crippen LogP contribution in [0.1, 0.15) is 35.3 Å². The van der Waals surface area contributed by atoms with Gasteiger partial charge in [0, 0.05) is 21.8 Å². The fourth-order valence-electron chi connectivity index (χ4n) is 2.83. The van der Waals surface area contributed by atoms with Crippen LogP contribution in [0, 0.1) is 0 Å². The number of amides is 1. The molecular formula is C22H18ClNO3. The van der Waals surface area contributed by atoms with Gasteiger partial charge in [0.2, 0.25) is 0 Å². The van der Waals surface area contributed by atoms with Crippen LogP contribution in [0.25, 0.3) is 11.1 Å². The summed E-state index contributed by atoms with van der Waals surface area (Å²) >= 11 is 6.05. The molecule has 3 rings (SSSR count). The number of carbonyl (C=O) groups excluding carboxylic acids is 1. The molecule has 4 nitrogen and oxygen atoms in total. The Hall–Kier alpha value is -3.11. The summed E-state index contributed by atoms with van der Waals surface area (Å²) in [5, 5.41) is 12.5. The van der Waals surface area contributed by atoms with Crippen LogP contribution in [0.5, 0.6) is 0 Å². The second-order valence-corrected chi connectivity index (χ2v) is 6.78. The van der Waals surface area contributed by atoms with Crippen molar-refractivity contribution in [3.05, 3.63) is 88.0 Å². The van der Waals surface area contributed by atoms with Crippen LogP contribution in [0.3, 0.4) is 0 Å². The van der Waals surface area contributed by atoms with E-state index in [-0.39, 0.29) is 11.5 Å². The zero-order valence-electron chi connectivity index (χ0n) is 14.9. The van der Waals surface area contributed by atoms with Crippen molar-refractivity contribution in [3.8, 4) is 0 Å². The van der Waals surface area contributed by atoms with Crippen molar-refractivity contribution >= 4 is 40.3 Å². The minimum atomic E-state index is -0.953. The van der Waals surface area contributed by atoms with Gasteiger partial charge in [-0.3, -0.25) is 4.79 Å². The largest absolute Gasteiger partial charge is 0.478 e. The maximum absolute atomic E-state index is 12.2. The molecule has 2 aromatic carbocycles. The molecule has 0 aromatic heterocycles. The van der Waals surface area contributed by atoms with E-state index in [1.807, 2.05) is 38.1 Å². The predicted octanol–water partition coefficient (Wildman–Crippen LogP) is 5.42. The van der Waals surface area contributed by atoms with E-state index in [1.165, 1.54) is 0 Å². The van der Waals surface area contributed by atoms with Gasteiger partial charge in [0.25, 0.3) is 5.91 Å². The second-order valence-electron chi connectivity index (χ2n) is 6.35. The number of hydrogen-bond acceptors (Lipinski definition) is 2. The van der Waals surface area contributed by atoms with E-state index in [2.05, 4.69) is 5.32 Å². The molecule has 136 valence electrons. The molecule has 0 aliphatic carbocycles. The average Bonchev–Trinajstić information content (AvgIpc) is 2.94. The molecule has 0 radical (unpaired) electrons. The third-order valence-corrected chi connectivity index (χ3v) is 4.53. The monoisotopic (exact) mass is 379 g/mol. The van der Waals surface area contributed by atoms with Gasteiger partial charge in [-0.05, 0) is 61.4 Å². The molecule has 0 saturated carbocycles. The average molecular weight is 380 g/mol. The molecule has 1 heterocycles. The molecule has 2 aromatic rings. The summed E-state index contributed by atoms with van der Waals surface area (Å²) in [5.41, 5.74) is 5.01. The lowest BCUT2D eigenvalue weighted by Crippen LogP contribution is -2.03. The molecule has 0 saturated heterocycles. The molecule has 27 heavy (non-hydrogen) atoms. The zero-order chi connectivity index (χ0) is 19.6. The third kappa shape index (κ3) is 4.18. The van der Waals surface area contributed by atoms with Gasteiger partial charge in [0.05, 0.1) is 5.56 Å². The van der Waals surface area contributed by atoms with E-state index in [0.717, 1.165) is 28.0 Å². The number of fused-ring (bicyclic) bond motifs is 1. The molecular weight excluding hydrogens is 362 g/mol. The van der Waals surface area contributed by atoms with Crippen LogP contribution in [0.4, 0.5) is 5.69 Å². The molecule has 0 bridgehead atoms. The summed E-state index contributed by atoms with van der Waals surface area (Å²) in [5.74, 6) is -1.11. The van der Waals surface area contributed by atoms with E-state index >= 15 is 0 Å². The highest BCUT2D eigenvalue weighted by Crippen LogP contribution is 2.34. The SMILES string of the molecule is CC(=C\C=C(/C)c1cccc(C(=O)O)c1)/C=C1/C(=O)Nc2ccc(Cl)cc21. The van der Waals surface area contributed by atoms with E-state index in [1.54, 1.807) is 36.4 Å². The van der Waals surface area contributed by atoms with Gasteiger partial charge in [-0.15, -0.1) is 0 Å². The number of carbonyl (C=O) groups is 2. The molecule has 1 aliphatic heterocycles. The Morgan fingerprint density at radius 1 is 1.07 bits per heavy atom. The molecule has 0 atom stereocenters. The van der Waals surface area contributed by atoms with Crippen LogP contribution in [0.15, 0.2) is 66.3 Å². The van der Waals surface area contributed by atoms with Crippen molar-refractivity contribution in [2.75, 3.05) is 5.32 Å². The fraction of sp³-hybridized carbons (Fsp3) is 0.0909. The Labute approximate surface area is 162 Å². The maximum Gasteiger partial charge on any atom is 0.335 e. The topological polar surface area (TPSA) is 66.4 Å². The lowest BCUT2D eigenvalue weighted by Gasteiger charge is -2.03. The molecule has 0 fully saturated rings. The van der Waals surface area contributed by atoms with Crippen molar-refractivity contribution in [2.24, 2.45) is 0 Å². The summed E-state index contributed by atoms with van der Waals surface area (Å²) in [4.78, 5) is 23.3. The smallest absolute Gasteiger partial charge is 0.335 e. The minimum Gasteiger partial charge on any atom is -0.478 e. The van der Waals surface area contributed by atoms with Gasteiger partial charge in [0.15, 0.2) is 0 Å². The number of hydrogen-bond donors (Lipinski definition) is 2. The van der Waals surface area contributed by atoms with Gasteiger partial charge in [0.1, 0.15) is 0 Å². The van der Waals surface area contributed by atoms with E-state index < -0.39 is 5.97 Å². The van der Waals surface area contributed by atoms with Crippen molar-refractivity contribution < 1.29 is 14.7 Å². The first-order chi connectivity index (χ1) is 12.8. The van der Waals surface area contributed by atoms with Crippen molar-refractivity contribution in [2.45, 2.75) is 13.8 Å². The van der Waals surface area contributed by atoms with Gasteiger partial charge >= 0.3 is 5.97 Å². The van der Waals surface area contributed by atoms with Gasteiger partial charge < -0.3 is 10.4 Å². The standard InChI is InChI=1S/C22H18ClNO3/c1-13(6-7-14(2)15-4-3-5-16(11-15)22(26)27)10-19-18-12-17(23)8-9-20(18)24-21(19)25/h3-12H,1-2H3,(H,24,25)(H,26,27)/b13-6+,14-7+,19-10+. The normalized spacial score (nSPS) is 15.7. The zero-order valence-corrected chi connectivity index (χ0v) is 15.7. The number of allylic oxidation sites excluding steroid dienone is 5. The fourth-order valence-corrected chi connectivity index (χ4v) is 3.00. The Kier molecular flexibility index (Phi) is 5.28. The van der Waals surface area contributed by atoms with Crippen molar-refractivity contribution in [1.82, 2.24) is 0 Å².